The summed E-state index contributed by atoms with van der Waals surface area (Å²) in [7, 11) is 0. The number of aromatic nitrogens is 2. The van der Waals surface area contributed by atoms with E-state index >= 15 is 0 Å². The van der Waals surface area contributed by atoms with Crippen molar-refractivity contribution >= 4 is 65.3 Å². The van der Waals surface area contributed by atoms with Gasteiger partial charge in [-0.25, -0.2) is 9.97 Å². The third kappa shape index (κ3) is 4.99. The van der Waals surface area contributed by atoms with Crippen LogP contribution < -0.4 is 0 Å². The van der Waals surface area contributed by atoms with Crippen LogP contribution in [0.4, 0.5) is 26.3 Å². The highest BCUT2D eigenvalue weighted by Crippen LogP contribution is 2.56. The van der Waals surface area contributed by atoms with Gasteiger partial charge in [-0.15, -0.1) is 0 Å². The maximum atomic E-state index is 15.0. The largest absolute Gasteiger partial charge is 0.440 e. The van der Waals surface area contributed by atoms with Crippen molar-refractivity contribution in [2.24, 2.45) is 0 Å². The van der Waals surface area contributed by atoms with E-state index in [1.165, 1.54) is 24.3 Å². The fourth-order valence-electron chi connectivity index (χ4n) is 8.13. The van der Waals surface area contributed by atoms with E-state index in [9.17, 15) is 26.3 Å². The molecule has 0 aliphatic rings. The summed E-state index contributed by atoms with van der Waals surface area (Å²) in [5.74, 6) is 0.646. The van der Waals surface area contributed by atoms with Crippen molar-refractivity contribution in [2.75, 3.05) is 0 Å². The van der Waals surface area contributed by atoms with Crippen LogP contribution in [0.15, 0.2) is 106 Å². The molecule has 0 saturated carbocycles. The topological polar surface area (TPSA) is 52.1 Å². The molecule has 0 aliphatic carbocycles. The number of rotatable bonds is 3. The lowest BCUT2D eigenvalue weighted by Gasteiger charge is -2.38. The van der Waals surface area contributed by atoms with Crippen molar-refractivity contribution in [1.82, 2.24) is 9.97 Å². The summed E-state index contributed by atoms with van der Waals surface area (Å²) in [6.07, 6.45) is -11.4. The summed E-state index contributed by atoms with van der Waals surface area (Å²) >= 11 is 0. The van der Waals surface area contributed by atoms with Gasteiger partial charge < -0.3 is 8.83 Å². The van der Waals surface area contributed by atoms with Crippen LogP contribution in [0.25, 0.3) is 76.7 Å². The van der Waals surface area contributed by atoms with Gasteiger partial charge in [0.2, 0.25) is 17.2 Å². The van der Waals surface area contributed by atoms with Gasteiger partial charge in [0.15, 0.2) is 11.2 Å². The van der Waals surface area contributed by atoms with Crippen LogP contribution in [0.5, 0.6) is 0 Å². The Labute approximate surface area is 311 Å². The monoisotopic (exact) mass is 748 g/mol. The minimum atomic E-state index is -5.72. The van der Waals surface area contributed by atoms with E-state index in [0.29, 0.717) is 33.7 Å². The molecule has 0 amide bonds. The van der Waals surface area contributed by atoms with E-state index in [1.54, 1.807) is 0 Å². The lowest BCUT2D eigenvalue weighted by Crippen LogP contribution is -2.54. The molecule has 9 rings (SSSR count). The predicted molar refractivity (Wildman–Crippen MR) is 205 cm³/mol. The normalized spacial score (nSPS) is 13.8. The first-order valence-electron chi connectivity index (χ1n) is 17.9. The number of hydrogen-bond donors (Lipinski definition) is 0. The minimum Gasteiger partial charge on any atom is -0.440 e. The van der Waals surface area contributed by atoms with Crippen LogP contribution in [0.2, 0.25) is 0 Å². The van der Waals surface area contributed by atoms with Gasteiger partial charge >= 0.3 is 12.4 Å². The number of halogens is 6. The summed E-state index contributed by atoms with van der Waals surface area (Å²) in [6.45, 7) is 11.6. The Kier molecular flexibility index (Phi) is 7.15. The Hall–Kier alpha value is -5.64. The number of oxazole rings is 2. The molecule has 0 unspecified atom stereocenters. The molecule has 0 fully saturated rings. The summed E-state index contributed by atoms with van der Waals surface area (Å²) < 4.78 is 103. The maximum absolute atomic E-state index is 15.0. The lowest BCUT2D eigenvalue weighted by atomic mass is 9.72. The highest BCUT2D eigenvalue weighted by Gasteiger charge is 2.72. The molecule has 2 aromatic heterocycles. The molecule has 0 spiro atoms. The first-order chi connectivity index (χ1) is 25.8. The van der Waals surface area contributed by atoms with Gasteiger partial charge in [0, 0.05) is 27.1 Å². The molecule has 10 heteroatoms. The van der Waals surface area contributed by atoms with Gasteiger partial charge in [-0.1, -0.05) is 114 Å². The Morgan fingerprint density at radius 2 is 0.964 bits per heavy atom. The van der Waals surface area contributed by atoms with E-state index < -0.39 is 34.3 Å². The Bertz CT molecular complexity index is 2940. The van der Waals surface area contributed by atoms with Gasteiger partial charge in [-0.3, -0.25) is 0 Å². The van der Waals surface area contributed by atoms with Crippen molar-refractivity contribution in [3.8, 4) is 11.5 Å². The fourth-order valence-corrected chi connectivity index (χ4v) is 8.13. The third-order valence-electron chi connectivity index (χ3n) is 10.8. The predicted octanol–water partition coefficient (Wildman–Crippen LogP) is 13.7. The van der Waals surface area contributed by atoms with Crippen molar-refractivity contribution in [3.05, 3.63) is 120 Å². The molecule has 0 atom stereocenters. The quantitative estimate of drug-likeness (QED) is 0.103. The molecule has 0 bridgehead atoms. The van der Waals surface area contributed by atoms with Gasteiger partial charge in [-0.2, -0.15) is 26.3 Å². The number of benzene rings is 7. The van der Waals surface area contributed by atoms with Crippen molar-refractivity contribution < 1.29 is 35.2 Å². The maximum Gasteiger partial charge on any atom is 0.411 e. The van der Waals surface area contributed by atoms with Gasteiger partial charge in [0.25, 0.3) is 0 Å². The average Bonchev–Trinajstić information content (AvgIpc) is 3.74. The van der Waals surface area contributed by atoms with E-state index in [-0.39, 0.29) is 16.9 Å². The molecule has 4 nitrogen and oxygen atoms in total. The smallest absolute Gasteiger partial charge is 0.411 e. The van der Waals surface area contributed by atoms with Crippen LogP contribution in [-0.2, 0) is 16.2 Å². The van der Waals surface area contributed by atoms with E-state index in [2.05, 4.69) is 6.07 Å². The van der Waals surface area contributed by atoms with Crippen LogP contribution in [-0.4, -0.2) is 22.3 Å². The van der Waals surface area contributed by atoms with E-state index in [0.717, 1.165) is 67.4 Å². The molecule has 55 heavy (non-hydrogen) atoms. The zero-order valence-electron chi connectivity index (χ0n) is 30.7. The Balaban J connectivity index is 1.27. The Morgan fingerprint density at radius 3 is 1.47 bits per heavy atom. The van der Waals surface area contributed by atoms with Crippen LogP contribution >= 0.6 is 0 Å². The van der Waals surface area contributed by atoms with E-state index in [4.69, 9.17) is 18.8 Å². The van der Waals surface area contributed by atoms with Crippen molar-refractivity contribution in [2.45, 2.75) is 70.1 Å². The molecular formula is C45H34F6N2O2. The fraction of sp³-hybridized carbons (Fsp3) is 0.244. The zero-order chi connectivity index (χ0) is 39.0. The number of hydrogen-bond acceptors (Lipinski definition) is 4. The highest BCUT2D eigenvalue weighted by molar-refractivity contribution is 6.40. The molecule has 7 aromatic carbocycles. The highest BCUT2D eigenvalue weighted by atomic mass is 19.4. The zero-order valence-corrected chi connectivity index (χ0v) is 30.7. The lowest BCUT2D eigenvalue weighted by molar-refractivity contribution is -0.288. The summed E-state index contributed by atoms with van der Waals surface area (Å²) in [6, 6.07) is 24.5. The van der Waals surface area contributed by atoms with Crippen LogP contribution in [0, 0.1) is 0 Å². The second-order valence-electron chi connectivity index (χ2n) is 16.4. The standard InChI is InChI=1S/C45H34F6N2O2/c1-41(2,3)26-17-19-28(20-18-26)43(44(46,47)48,45(49,50)51)27-15-13-24(14-16-27)39-52-37-31(54-39)21-25-22-32-38(53-40(55-32)42(4,5)6)36-30-12-8-10-23-9-7-11-29(33(23)30)35(37)34(25)36/h7-22H,1-6H3. The van der Waals surface area contributed by atoms with Crippen LogP contribution in [0.1, 0.15) is 64.1 Å². The first-order valence-corrected chi connectivity index (χ1v) is 17.9. The van der Waals surface area contributed by atoms with Crippen LogP contribution in [0.3, 0.4) is 0 Å². The second-order valence-corrected chi connectivity index (χ2v) is 16.4. The first kappa shape index (κ1) is 35.1. The van der Waals surface area contributed by atoms with E-state index in [1.807, 2.05) is 84.0 Å². The number of nitrogens with zero attached hydrogens (tertiary/aromatic N) is 2. The van der Waals surface area contributed by atoms with Gasteiger partial charge in [-0.05, 0) is 73.3 Å². The Morgan fingerprint density at radius 1 is 0.473 bits per heavy atom. The van der Waals surface area contributed by atoms with Crippen molar-refractivity contribution in [1.29, 1.82) is 0 Å². The second kappa shape index (κ2) is 11.2. The summed E-state index contributed by atoms with van der Waals surface area (Å²) in [5.41, 5.74) is -3.93. The SMILES string of the molecule is CC(C)(C)c1ccc(C(c2ccc(-c3nc4c(cc5cc6oc(C(C)(C)C)nc6c6c7cccc8cccc(c87)c4c56)o3)cc2)(C(F)(F)F)C(F)(F)F)cc1. The summed E-state index contributed by atoms with van der Waals surface area (Å²) in [4.78, 5) is 9.89. The van der Waals surface area contributed by atoms with Gasteiger partial charge in [0.1, 0.15) is 11.0 Å². The number of fused-ring (bicyclic) bond motifs is 6. The molecule has 0 saturated heterocycles. The molecule has 2 heterocycles. The third-order valence-corrected chi connectivity index (χ3v) is 10.8. The molecule has 278 valence electrons. The molecule has 9 aromatic rings. The number of alkyl halides is 6. The average molecular weight is 749 g/mol. The molecule has 0 N–H and O–H groups in total. The van der Waals surface area contributed by atoms with Gasteiger partial charge in [0.05, 0.1) is 0 Å². The van der Waals surface area contributed by atoms with Crippen molar-refractivity contribution in [3.63, 3.8) is 0 Å². The minimum absolute atomic E-state index is 0.0525. The molecule has 0 aliphatic heterocycles. The summed E-state index contributed by atoms with van der Waals surface area (Å²) in [5, 5.41) is 7.32. The molecule has 0 radical (unpaired) electrons. The molecular weight excluding hydrogens is 714 g/mol.